The molecule has 1 aliphatic rings. The molecule has 3 rings (SSSR count). The summed E-state index contributed by atoms with van der Waals surface area (Å²) in [5.41, 5.74) is 3.89. The predicted octanol–water partition coefficient (Wildman–Crippen LogP) is 4.56. The van der Waals surface area contributed by atoms with Crippen LogP contribution in [0.3, 0.4) is 0 Å². The molecule has 2 nitrogen and oxygen atoms in total. The van der Waals surface area contributed by atoms with E-state index in [1.165, 1.54) is 0 Å². The number of carbonyl (C=O) groups excluding carboxylic acids is 1. The van der Waals surface area contributed by atoms with Crippen molar-refractivity contribution in [2.75, 3.05) is 0 Å². The van der Waals surface area contributed by atoms with Gasteiger partial charge in [-0.25, -0.2) is 0 Å². The average Bonchev–Trinajstić information content (AvgIpc) is 2.52. The molecule has 0 saturated heterocycles. The highest BCUT2D eigenvalue weighted by Gasteiger charge is 2.43. The Morgan fingerprint density at radius 2 is 1.52 bits per heavy atom. The maximum absolute atomic E-state index is 13.0. The molecule has 3 heteroatoms. The monoisotopic (exact) mass is 322 g/mol. The van der Waals surface area contributed by atoms with Crippen LogP contribution in [-0.4, -0.2) is 19.0 Å². The first-order chi connectivity index (χ1) is 10.8. The number of aliphatic hydroxyl groups is 1. The van der Waals surface area contributed by atoms with Gasteiger partial charge in [-0.3, -0.25) is 4.79 Å². The number of Topliss-reactive ketones (excluding diaryl/α,β-unsaturated/α-hetero) is 1. The smallest absolute Gasteiger partial charge is 0.199 e. The highest BCUT2D eigenvalue weighted by molar-refractivity contribution is 6.80. The van der Waals surface area contributed by atoms with Crippen LogP contribution in [0.2, 0.25) is 19.6 Å². The topological polar surface area (TPSA) is 37.3 Å². The van der Waals surface area contributed by atoms with Gasteiger partial charge in [0.15, 0.2) is 11.4 Å². The molecule has 0 heterocycles. The molecule has 1 aliphatic carbocycles. The molecule has 0 saturated carbocycles. The Balaban J connectivity index is 2.12. The van der Waals surface area contributed by atoms with Crippen LogP contribution in [0.25, 0.3) is 11.1 Å². The summed E-state index contributed by atoms with van der Waals surface area (Å²) in [7, 11) is -1.36. The Bertz CT molecular complexity index is 786. The minimum atomic E-state index is -1.47. The standard InChI is InChI=1S/C20H22O2Si/c1-23(2,3)14-8-13-20(22)18-12-7-6-10-16(18)15-9-4-5-11-17(15)19(20)21/h4-12,14,22H,13H2,1-3H3/b14-8-. The fourth-order valence-corrected chi connectivity index (χ4v) is 3.95. The lowest BCUT2D eigenvalue weighted by molar-refractivity contribution is 0.0307. The van der Waals surface area contributed by atoms with Crippen LogP contribution in [0.4, 0.5) is 0 Å². The van der Waals surface area contributed by atoms with Gasteiger partial charge < -0.3 is 5.11 Å². The van der Waals surface area contributed by atoms with Crippen molar-refractivity contribution in [3.63, 3.8) is 0 Å². The van der Waals surface area contributed by atoms with E-state index >= 15 is 0 Å². The van der Waals surface area contributed by atoms with Crippen LogP contribution in [0.15, 0.2) is 60.3 Å². The van der Waals surface area contributed by atoms with Crippen molar-refractivity contribution in [3.8, 4) is 11.1 Å². The number of fused-ring (bicyclic) bond motifs is 3. The quantitative estimate of drug-likeness (QED) is 0.841. The van der Waals surface area contributed by atoms with Gasteiger partial charge in [-0.15, -0.1) is 0 Å². The van der Waals surface area contributed by atoms with Crippen LogP contribution in [-0.2, 0) is 5.60 Å². The van der Waals surface area contributed by atoms with Crippen LogP contribution >= 0.6 is 0 Å². The van der Waals surface area contributed by atoms with Gasteiger partial charge in [0.2, 0.25) is 0 Å². The van der Waals surface area contributed by atoms with Gasteiger partial charge in [0, 0.05) is 12.0 Å². The molecule has 2 aromatic carbocycles. The summed E-state index contributed by atoms with van der Waals surface area (Å²) in [6.45, 7) is 6.71. The zero-order valence-electron chi connectivity index (χ0n) is 13.8. The lowest BCUT2D eigenvalue weighted by Crippen LogP contribution is -2.39. The van der Waals surface area contributed by atoms with Crippen molar-refractivity contribution in [1.82, 2.24) is 0 Å². The second-order valence-electron chi connectivity index (χ2n) is 7.25. The normalized spacial score (nSPS) is 20.4. The predicted molar refractivity (Wildman–Crippen MR) is 97.2 cm³/mol. The molecule has 0 spiro atoms. The molecule has 1 N–H and O–H groups in total. The van der Waals surface area contributed by atoms with E-state index in [9.17, 15) is 9.90 Å². The lowest BCUT2D eigenvalue weighted by atomic mass is 9.73. The van der Waals surface area contributed by atoms with Gasteiger partial charge in [0.05, 0.1) is 8.07 Å². The van der Waals surface area contributed by atoms with E-state index in [4.69, 9.17) is 0 Å². The average molecular weight is 322 g/mol. The third-order valence-electron chi connectivity index (χ3n) is 4.24. The number of hydrogen-bond acceptors (Lipinski definition) is 2. The minimum Gasteiger partial charge on any atom is -0.377 e. The highest BCUT2D eigenvalue weighted by atomic mass is 28.3. The summed E-state index contributed by atoms with van der Waals surface area (Å²) in [5.74, 6) is -0.202. The summed E-state index contributed by atoms with van der Waals surface area (Å²) in [6, 6.07) is 15.2. The highest BCUT2D eigenvalue weighted by Crippen LogP contribution is 2.43. The molecule has 2 aromatic rings. The third kappa shape index (κ3) is 2.82. The van der Waals surface area contributed by atoms with E-state index in [0.717, 1.165) is 11.1 Å². The van der Waals surface area contributed by atoms with Gasteiger partial charge >= 0.3 is 0 Å². The van der Waals surface area contributed by atoms with Crippen molar-refractivity contribution in [2.24, 2.45) is 0 Å². The van der Waals surface area contributed by atoms with E-state index in [-0.39, 0.29) is 5.78 Å². The molecule has 0 radical (unpaired) electrons. The van der Waals surface area contributed by atoms with Crippen molar-refractivity contribution in [1.29, 1.82) is 0 Å². The van der Waals surface area contributed by atoms with Crippen molar-refractivity contribution >= 4 is 13.9 Å². The molecule has 0 bridgehead atoms. The largest absolute Gasteiger partial charge is 0.377 e. The minimum absolute atomic E-state index is 0.202. The fourth-order valence-electron chi connectivity index (χ4n) is 3.13. The zero-order chi connectivity index (χ0) is 16.7. The first-order valence-electron chi connectivity index (χ1n) is 7.97. The molecule has 23 heavy (non-hydrogen) atoms. The maximum atomic E-state index is 13.0. The summed E-state index contributed by atoms with van der Waals surface area (Å²) < 4.78 is 0. The van der Waals surface area contributed by atoms with E-state index in [2.05, 4.69) is 25.3 Å². The lowest BCUT2D eigenvalue weighted by Gasteiger charge is -2.33. The maximum Gasteiger partial charge on any atom is 0.199 e. The molecule has 0 amide bonds. The van der Waals surface area contributed by atoms with Gasteiger partial charge in [0.1, 0.15) is 0 Å². The van der Waals surface area contributed by atoms with Gasteiger partial charge in [-0.05, 0) is 16.7 Å². The molecule has 1 atom stereocenters. The number of rotatable bonds is 3. The van der Waals surface area contributed by atoms with Crippen LogP contribution < -0.4 is 0 Å². The van der Waals surface area contributed by atoms with Crippen molar-refractivity contribution in [3.05, 3.63) is 71.4 Å². The Morgan fingerprint density at radius 3 is 2.17 bits per heavy atom. The molecular weight excluding hydrogens is 300 g/mol. The molecular formula is C20H22O2Si. The van der Waals surface area contributed by atoms with Crippen LogP contribution in [0, 0.1) is 0 Å². The summed E-state index contributed by atoms with van der Waals surface area (Å²) in [5, 5.41) is 11.3. The van der Waals surface area contributed by atoms with E-state index < -0.39 is 13.7 Å². The molecule has 1 unspecified atom stereocenters. The summed E-state index contributed by atoms with van der Waals surface area (Å²) >= 11 is 0. The molecule has 0 fully saturated rings. The van der Waals surface area contributed by atoms with Gasteiger partial charge in [0.25, 0.3) is 0 Å². The Kier molecular flexibility index (Phi) is 3.86. The number of carbonyl (C=O) groups is 1. The summed E-state index contributed by atoms with van der Waals surface area (Å²) in [6.07, 6.45) is 2.30. The Morgan fingerprint density at radius 1 is 0.957 bits per heavy atom. The van der Waals surface area contributed by atoms with Crippen molar-refractivity contribution < 1.29 is 9.90 Å². The Hall–Kier alpha value is -1.97. The number of ketones is 1. The first-order valence-corrected chi connectivity index (χ1v) is 11.5. The number of hydrogen-bond donors (Lipinski definition) is 1. The van der Waals surface area contributed by atoms with E-state index in [0.29, 0.717) is 17.5 Å². The SMILES string of the molecule is C[Si](C)(C)/C=C\CC1(O)C(=O)c2ccccc2-c2ccccc21. The van der Waals surface area contributed by atoms with Gasteiger partial charge in [-0.2, -0.15) is 0 Å². The third-order valence-corrected chi connectivity index (χ3v) is 5.48. The Labute approximate surface area is 138 Å². The van der Waals surface area contributed by atoms with Crippen molar-refractivity contribution in [2.45, 2.75) is 31.7 Å². The second-order valence-corrected chi connectivity index (χ2v) is 12.3. The van der Waals surface area contributed by atoms with Crippen LogP contribution in [0.5, 0.6) is 0 Å². The first kappa shape index (κ1) is 15.9. The molecule has 0 aromatic heterocycles. The van der Waals surface area contributed by atoms with E-state index in [1.54, 1.807) is 6.07 Å². The second kappa shape index (κ2) is 5.59. The van der Waals surface area contributed by atoms with Crippen LogP contribution in [0.1, 0.15) is 22.3 Å². The van der Waals surface area contributed by atoms with E-state index in [1.807, 2.05) is 48.5 Å². The summed E-state index contributed by atoms with van der Waals surface area (Å²) in [4.78, 5) is 13.0. The number of benzene rings is 2. The van der Waals surface area contributed by atoms with Gasteiger partial charge in [-0.1, -0.05) is 79.9 Å². The zero-order valence-corrected chi connectivity index (χ0v) is 14.8. The molecule has 0 aliphatic heterocycles. The molecule has 118 valence electrons. The fraction of sp³-hybridized carbons (Fsp3) is 0.250.